The molecule has 108 valence electrons. The van der Waals surface area contributed by atoms with E-state index in [4.69, 9.17) is 9.84 Å². The highest BCUT2D eigenvalue weighted by Crippen LogP contribution is 2.32. The van der Waals surface area contributed by atoms with Crippen molar-refractivity contribution in [2.75, 3.05) is 13.2 Å². The molecular formula is C14H23NO4. The van der Waals surface area contributed by atoms with Crippen LogP contribution >= 0.6 is 0 Å². The van der Waals surface area contributed by atoms with Gasteiger partial charge in [0.05, 0.1) is 0 Å². The van der Waals surface area contributed by atoms with Crippen molar-refractivity contribution < 1.29 is 19.4 Å². The zero-order valence-electron chi connectivity index (χ0n) is 11.3. The first-order valence-corrected chi connectivity index (χ1v) is 7.26. The van der Waals surface area contributed by atoms with Crippen molar-refractivity contribution in [1.29, 1.82) is 0 Å². The van der Waals surface area contributed by atoms with E-state index in [1.54, 1.807) is 0 Å². The van der Waals surface area contributed by atoms with Gasteiger partial charge < -0.3 is 15.2 Å². The summed E-state index contributed by atoms with van der Waals surface area (Å²) in [6, 6.07) is -0.671. The Morgan fingerprint density at radius 3 is 2.47 bits per heavy atom. The monoisotopic (exact) mass is 269 g/mol. The molecule has 0 aromatic heterocycles. The van der Waals surface area contributed by atoms with Crippen LogP contribution in [0.2, 0.25) is 0 Å². The maximum atomic E-state index is 11.7. The molecule has 19 heavy (non-hydrogen) atoms. The van der Waals surface area contributed by atoms with Gasteiger partial charge in [-0.25, -0.2) is 4.79 Å². The molecule has 5 heteroatoms. The lowest BCUT2D eigenvalue weighted by Crippen LogP contribution is -2.42. The van der Waals surface area contributed by atoms with E-state index in [-0.39, 0.29) is 11.8 Å². The molecule has 2 rings (SSSR count). The number of aliphatic carboxylic acids is 1. The first kappa shape index (κ1) is 14.3. The molecule has 1 heterocycles. The molecule has 1 atom stereocenters. The SMILES string of the molecule is O=C(CCCC1CCOCC1)NC(C(=O)O)C1CC1. The van der Waals surface area contributed by atoms with Gasteiger partial charge in [0.15, 0.2) is 0 Å². The van der Waals surface area contributed by atoms with Crippen molar-refractivity contribution in [2.45, 2.75) is 51.0 Å². The second kappa shape index (κ2) is 6.89. The van der Waals surface area contributed by atoms with Gasteiger partial charge in [-0.2, -0.15) is 0 Å². The van der Waals surface area contributed by atoms with Crippen molar-refractivity contribution in [1.82, 2.24) is 5.32 Å². The molecule has 2 fully saturated rings. The zero-order valence-corrected chi connectivity index (χ0v) is 11.3. The maximum Gasteiger partial charge on any atom is 0.326 e. The number of hydrogen-bond donors (Lipinski definition) is 2. The average Bonchev–Trinajstić information content (AvgIpc) is 3.21. The smallest absolute Gasteiger partial charge is 0.326 e. The summed E-state index contributed by atoms with van der Waals surface area (Å²) in [5.41, 5.74) is 0. The van der Waals surface area contributed by atoms with Crippen molar-refractivity contribution in [3.05, 3.63) is 0 Å². The van der Waals surface area contributed by atoms with Crippen LogP contribution < -0.4 is 5.32 Å². The fraction of sp³-hybridized carbons (Fsp3) is 0.857. The number of hydrogen-bond acceptors (Lipinski definition) is 3. The van der Waals surface area contributed by atoms with E-state index in [2.05, 4.69) is 5.32 Å². The number of carboxylic acids is 1. The molecule has 0 radical (unpaired) electrons. The van der Waals surface area contributed by atoms with Crippen LogP contribution in [-0.2, 0) is 14.3 Å². The van der Waals surface area contributed by atoms with Crippen LogP contribution in [0.4, 0.5) is 0 Å². The molecule has 2 N–H and O–H groups in total. The largest absolute Gasteiger partial charge is 0.480 e. The normalized spacial score (nSPS) is 21.9. The quantitative estimate of drug-likeness (QED) is 0.735. The molecule has 0 aromatic rings. The highest BCUT2D eigenvalue weighted by molar-refractivity contribution is 5.83. The van der Waals surface area contributed by atoms with Gasteiger partial charge in [0.1, 0.15) is 6.04 Å². The number of carbonyl (C=O) groups is 2. The zero-order chi connectivity index (χ0) is 13.7. The molecule has 0 spiro atoms. The van der Waals surface area contributed by atoms with E-state index in [9.17, 15) is 9.59 Å². The first-order valence-electron chi connectivity index (χ1n) is 7.26. The van der Waals surface area contributed by atoms with Crippen LogP contribution in [0.3, 0.4) is 0 Å². The van der Waals surface area contributed by atoms with Gasteiger partial charge in [0, 0.05) is 19.6 Å². The van der Waals surface area contributed by atoms with Crippen LogP contribution in [0.1, 0.15) is 44.9 Å². The van der Waals surface area contributed by atoms with E-state index in [0.717, 1.165) is 51.7 Å². The lowest BCUT2D eigenvalue weighted by atomic mass is 9.94. The highest BCUT2D eigenvalue weighted by atomic mass is 16.5. The predicted octanol–water partition coefficient (Wildman–Crippen LogP) is 1.56. The summed E-state index contributed by atoms with van der Waals surface area (Å²) in [6.07, 6.45) is 6.32. The van der Waals surface area contributed by atoms with Crippen molar-refractivity contribution in [2.24, 2.45) is 11.8 Å². The van der Waals surface area contributed by atoms with Crippen molar-refractivity contribution >= 4 is 11.9 Å². The van der Waals surface area contributed by atoms with Crippen LogP contribution in [0.5, 0.6) is 0 Å². The van der Waals surface area contributed by atoms with Gasteiger partial charge in [-0.3, -0.25) is 4.79 Å². The Hall–Kier alpha value is -1.10. The lowest BCUT2D eigenvalue weighted by Gasteiger charge is -2.21. The first-order chi connectivity index (χ1) is 9.16. The number of carboxylic acid groups (broad SMARTS) is 1. The second-order valence-electron chi connectivity index (χ2n) is 5.67. The number of carbonyl (C=O) groups excluding carboxylic acids is 1. The fourth-order valence-electron chi connectivity index (χ4n) is 2.64. The second-order valence-corrected chi connectivity index (χ2v) is 5.67. The minimum absolute atomic E-state index is 0.119. The molecule has 1 saturated heterocycles. The van der Waals surface area contributed by atoms with Crippen LogP contribution in [0.15, 0.2) is 0 Å². The Morgan fingerprint density at radius 2 is 1.89 bits per heavy atom. The summed E-state index contributed by atoms with van der Waals surface area (Å²) in [6.45, 7) is 1.67. The molecule has 1 unspecified atom stereocenters. The summed E-state index contributed by atoms with van der Waals surface area (Å²) in [5.74, 6) is -0.205. The Balaban J connectivity index is 1.62. The van der Waals surface area contributed by atoms with Gasteiger partial charge in [0.2, 0.25) is 5.91 Å². The van der Waals surface area contributed by atoms with Crippen molar-refractivity contribution in [3.63, 3.8) is 0 Å². The third-order valence-corrected chi connectivity index (χ3v) is 4.03. The maximum absolute atomic E-state index is 11.7. The fourth-order valence-corrected chi connectivity index (χ4v) is 2.64. The molecule has 1 aliphatic heterocycles. The number of nitrogens with one attached hydrogen (secondary N) is 1. The highest BCUT2D eigenvalue weighted by Gasteiger charge is 2.37. The average molecular weight is 269 g/mol. The summed E-state index contributed by atoms with van der Waals surface area (Å²) in [7, 11) is 0. The number of ether oxygens (including phenoxy) is 1. The summed E-state index contributed by atoms with van der Waals surface area (Å²) >= 11 is 0. The van der Waals surface area contributed by atoms with Gasteiger partial charge >= 0.3 is 5.97 Å². The Labute approximate surface area is 113 Å². The number of amides is 1. The van der Waals surface area contributed by atoms with E-state index in [0.29, 0.717) is 12.3 Å². The summed E-state index contributed by atoms with van der Waals surface area (Å²) < 4.78 is 5.29. The molecule has 2 aliphatic rings. The lowest BCUT2D eigenvalue weighted by molar-refractivity contribution is -0.142. The number of rotatable bonds is 7. The van der Waals surface area contributed by atoms with Crippen LogP contribution in [0.25, 0.3) is 0 Å². The third kappa shape index (κ3) is 4.82. The third-order valence-electron chi connectivity index (χ3n) is 4.03. The Kier molecular flexibility index (Phi) is 5.19. The van der Waals surface area contributed by atoms with Crippen LogP contribution in [-0.4, -0.2) is 36.2 Å². The van der Waals surface area contributed by atoms with Gasteiger partial charge in [-0.1, -0.05) is 0 Å². The van der Waals surface area contributed by atoms with E-state index >= 15 is 0 Å². The van der Waals surface area contributed by atoms with E-state index < -0.39 is 12.0 Å². The molecule has 0 aromatic carbocycles. The Morgan fingerprint density at radius 1 is 1.21 bits per heavy atom. The standard InChI is InChI=1S/C14H23NO4/c16-12(15-13(14(17)18)11-4-5-11)3-1-2-10-6-8-19-9-7-10/h10-11,13H,1-9H2,(H,15,16)(H,17,18). The molecule has 1 aliphatic carbocycles. The molecule has 1 amide bonds. The molecule has 0 bridgehead atoms. The van der Waals surface area contributed by atoms with Gasteiger partial charge in [-0.05, 0) is 50.4 Å². The molecular weight excluding hydrogens is 246 g/mol. The molecule has 1 saturated carbocycles. The van der Waals surface area contributed by atoms with Crippen molar-refractivity contribution in [3.8, 4) is 0 Å². The molecule has 5 nitrogen and oxygen atoms in total. The summed E-state index contributed by atoms with van der Waals surface area (Å²) in [5, 5.41) is 11.7. The van der Waals surface area contributed by atoms with E-state index in [1.165, 1.54) is 0 Å². The minimum atomic E-state index is -0.903. The van der Waals surface area contributed by atoms with Gasteiger partial charge in [-0.15, -0.1) is 0 Å². The van der Waals surface area contributed by atoms with Gasteiger partial charge in [0.25, 0.3) is 0 Å². The minimum Gasteiger partial charge on any atom is -0.480 e. The Bertz CT molecular complexity index is 321. The van der Waals surface area contributed by atoms with E-state index in [1.807, 2.05) is 0 Å². The van der Waals surface area contributed by atoms with Crippen LogP contribution in [0, 0.1) is 11.8 Å². The predicted molar refractivity (Wildman–Crippen MR) is 69.7 cm³/mol. The topological polar surface area (TPSA) is 75.6 Å². The summed E-state index contributed by atoms with van der Waals surface area (Å²) in [4.78, 5) is 22.7.